The zero-order valence-electron chi connectivity index (χ0n) is 13.2. The number of benzene rings is 1. The van der Waals surface area contributed by atoms with Gasteiger partial charge in [0, 0.05) is 23.5 Å². The number of alkyl halides is 4. The van der Waals surface area contributed by atoms with Gasteiger partial charge >= 0.3 is 18.3 Å². The van der Waals surface area contributed by atoms with Gasteiger partial charge in [-0.05, 0) is 18.6 Å². The van der Waals surface area contributed by atoms with E-state index in [2.05, 4.69) is 4.98 Å². The van der Waals surface area contributed by atoms with E-state index in [-0.39, 0.29) is 13.0 Å². The van der Waals surface area contributed by atoms with E-state index in [0.717, 1.165) is 5.52 Å². The van der Waals surface area contributed by atoms with Gasteiger partial charge in [0.05, 0.1) is 6.61 Å². The second-order valence-electron chi connectivity index (χ2n) is 5.27. The Morgan fingerprint density at radius 2 is 1.96 bits per heavy atom. The van der Waals surface area contributed by atoms with E-state index >= 15 is 0 Å². The summed E-state index contributed by atoms with van der Waals surface area (Å²) in [6.45, 7) is 1.45. The molecule has 1 heterocycles. The zero-order valence-corrected chi connectivity index (χ0v) is 13.2. The Bertz CT molecular complexity index is 761. The molecule has 0 aliphatic heterocycles. The Kier molecular flexibility index (Phi) is 5.66. The second kappa shape index (κ2) is 7.54. The number of carbonyl (C=O) groups is 2. The highest BCUT2D eigenvalue weighted by atomic mass is 19.3. The predicted octanol–water partition coefficient (Wildman–Crippen LogP) is 2.66. The zero-order chi connectivity index (χ0) is 18.6. The van der Waals surface area contributed by atoms with Crippen LogP contribution < -0.4 is 5.32 Å². The van der Waals surface area contributed by atoms with E-state index in [1.807, 2.05) is 0 Å². The summed E-state index contributed by atoms with van der Waals surface area (Å²) in [5, 5.41) is 2.38. The summed E-state index contributed by atoms with van der Waals surface area (Å²) in [6, 6.07) is 5.50. The number of ether oxygens (including phenoxy) is 1. The maximum atomic E-state index is 13.2. The first kappa shape index (κ1) is 18.8. The van der Waals surface area contributed by atoms with E-state index in [1.165, 1.54) is 6.92 Å². The van der Waals surface area contributed by atoms with Crippen LogP contribution in [-0.4, -0.2) is 41.9 Å². The van der Waals surface area contributed by atoms with Gasteiger partial charge in [-0.2, -0.15) is 8.78 Å². The Balaban J connectivity index is 2.24. The molecule has 0 aliphatic carbocycles. The summed E-state index contributed by atoms with van der Waals surface area (Å²) >= 11 is 0. The van der Waals surface area contributed by atoms with Crippen LogP contribution in [0.3, 0.4) is 0 Å². The average molecular weight is 360 g/mol. The third kappa shape index (κ3) is 4.09. The number of fused-ring (bicyclic) bond motifs is 1. The number of esters is 1. The summed E-state index contributed by atoms with van der Waals surface area (Å²) in [6.07, 6.45) is -2.81. The molecule has 1 aromatic heterocycles. The van der Waals surface area contributed by atoms with Crippen LogP contribution in [0.1, 0.15) is 12.5 Å². The SMILES string of the molecule is CCOC(=O)C(Cc1c[nH]c2ccccc12)NC(=O)C(F)(F)C(F)F. The lowest BCUT2D eigenvalue weighted by molar-refractivity contribution is -0.172. The maximum Gasteiger partial charge on any atom is 0.383 e. The molecule has 1 aromatic carbocycles. The first-order chi connectivity index (χ1) is 11.8. The predicted molar refractivity (Wildman–Crippen MR) is 81.5 cm³/mol. The van der Waals surface area contributed by atoms with Gasteiger partial charge in [-0.25, -0.2) is 13.6 Å². The smallest absolute Gasteiger partial charge is 0.383 e. The summed E-state index contributed by atoms with van der Waals surface area (Å²) in [7, 11) is 0. The lowest BCUT2D eigenvalue weighted by Crippen LogP contribution is -2.52. The number of hydrogen-bond donors (Lipinski definition) is 2. The summed E-state index contributed by atoms with van der Waals surface area (Å²) in [5.41, 5.74) is 1.29. The molecule has 0 spiro atoms. The van der Waals surface area contributed by atoms with Gasteiger partial charge in [0.1, 0.15) is 6.04 Å². The minimum absolute atomic E-state index is 0.0513. The van der Waals surface area contributed by atoms with Crippen LogP contribution in [0.2, 0.25) is 0 Å². The number of hydrogen-bond acceptors (Lipinski definition) is 3. The van der Waals surface area contributed by atoms with Crippen molar-refractivity contribution < 1.29 is 31.9 Å². The first-order valence-corrected chi connectivity index (χ1v) is 7.46. The van der Waals surface area contributed by atoms with Crippen LogP contribution in [0.5, 0.6) is 0 Å². The van der Waals surface area contributed by atoms with Crippen molar-refractivity contribution in [1.82, 2.24) is 10.3 Å². The van der Waals surface area contributed by atoms with Crippen LogP contribution in [-0.2, 0) is 20.7 Å². The van der Waals surface area contributed by atoms with E-state index in [9.17, 15) is 27.2 Å². The fourth-order valence-corrected chi connectivity index (χ4v) is 2.31. The molecule has 2 N–H and O–H groups in total. The number of carbonyl (C=O) groups excluding carboxylic acids is 2. The molecule has 25 heavy (non-hydrogen) atoms. The van der Waals surface area contributed by atoms with Gasteiger partial charge in [-0.3, -0.25) is 4.79 Å². The topological polar surface area (TPSA) is 71.2 Å². The highest BCUT2D eigenvalue weighted by Crippen LogP contribution is 2.24. The van der Waals surface area contributed by atoms with Gasteiger partial charge in [0.15, 0.2) is 0 Å². The Labute approximate surface area is 140 Å². The van der Waals surface area contributed by atoms with Gasteiger partial charge < -0.3 is 15.0 Å². The molecule has 0 radical (unpaired) electrons. The fraction of sp³-hybridized carbons (Fsp3) is 0.375. The molecule has 136 valence electrons. The van der Waals surface area contributed by atoms with Crippen molar-refractivity contribution in [2.75, 3.05) is 6.61 Å². The summed E-state index contributed by atoms with van der Waals surface area (Å²) in [4.78, 5) is 26.4. The first-order valence-electron chi connectivity index (χ1n) is 7.46. The van der Waals surface area contributed by atoms with Gasteiger partial charge in [-0.1, -0.05) is 18.2 Å². The normalized spacial score (nSPS) is 13.0. The Morgan fingerprint density at radius 3 is 2.60 bits per heavy atom. The van der Waals surface area contributed by atoms with Crippen molar-refractivity contribution in [2.24, 2.45) is 0 Å². The fourth-order valence-electron chi connectivity index (χ4n) is 2.31. The average Bonchev–Trinajstić information content (AvgIpc) is 2.97. The molecule has 5 nitrogen and oxygen atoms in total. The number of rotatable bonds is 7. The molecule has 1 atom stereocenters. The van der Waals surface area contributed by atoms with Gasteiger partial charge in [0.25, 0.3) is 5.91 Å². The van der Waals surface area contributed by atoms with Crippen LogP contribution in [0.15, 0.2) is 30.5 Å². The number of halogens is 4. The molecular formula is C16H16F4N2O3. The van der Waals surface area contributed by atoms with Crippen LogP contribution in [0.4, 0.5) is 17.6 Å². The molecule has 2 rings (SSSR count). The van der Waals surface area contributed by atoms with Gasteiger partial charge in [0.2, 0.25) is 0 Å². The monoisotopic (exact) mass is 360 g/mol. The molecule has 0 bridgehead atoms. The lowest BCUT2D eigenvalue weighted by Gasteiger charge is -2.20. The standard InChI is InChI=1S/C16H16F4N2O3/c1-2-25-13(23)12(22-15(24)16(19,20)14(17)18)7-9-8-21-11-6-4-3-5-10(9)11/h3-6,8,12,14,21H,2,7H2,1H3,(H,22,24). The Morgan fingerprint density at radius 1 is 1.28 bits per heavy atom. The minimum atomic E-state index is -4.90. The van der Waals surface area contributed by atoms with Crippen molar-refractivity contribution in [2.45, 2.75) is 31.7 Å². The second-order valence-corrected chi connectivity index (χ2v) is 5.27. The van der Waals surface area contributed by atoms with E-state index in [4.69, 9.17) is 4.74 Å². The minimum Gasteiger partial charge on any atom is -0.464 e. The van der Waals surface area contributed by atoms with Gasteiger partial charge in [-0.15, -0.1) is 0 Å². The molecule has 0 fully saturated rings. The molecule has 1 amide bonds. The number of para-hydroxylation sites is 1. The summed E-state index contributed by atoms with van der Waals surface area (Å²) in [5.74, 6) is -8.10. The quantitative estimate of drug-likeness (QED) is 0.589. The molecule has 0 saturated heterocycles. The van der Waals surface area contributed by atoms with E-state index < -0.39 is 30.3 Å². The van der Waals surface area contributed by atoms with Crippen LogP contribution in [0.25, 0.3) is 10.9 Å². The van der Waals surface area contributed by atoms with Crippen LogP contribution in [0, 0.1) is 0 Å². The van der Waals surface area contributed by atoms with E-state index in [0.29, 0.717) is 10.9 Å². The van der Waals surface area contributed by atoms with Crippen LogP contribution >= 0.6 is 0 Å². The number of H-pyrrole nitrogens is 1. The number of amides is 1. The van der Waals surface area contributed by atoms with Crippen molar-refractivity contribution in [3.8, 4) is 0 Å². The van der Waals surface area contributed by atoms with Crippen molar-refractivity contribution in [1.29, 1.82) is 0 Å². The molecule has 0 saturated carbocycles. The molecule has 0 aliphatic rings. The Hall–Kier alpha value is -2.58. The number of nitrogens with one attached hydrogen (secondary N) is 2. The van der Waals surface area contributed by atoms with Crippen molar-refractivity contribution >= 4 is 22.8 Å². The van der Waals surface area contributed by atoms with E-state index in [1.54, 1.807) is 35.8 Å². The lowest BCUT2D eigenvalue weighted by atomic mass is 10.0. The number of aromatic nitrogens is 1. The third-order valence-corrected chi connectivity index (χ3v) is 3.55. The molecule has 9 heteroatoms. The largest absolute Gasteiger partial charge is 0.464 e. The van der Waals surface area contributed by atoms with Crippen molar-refractivity contribution in [3.05, 3.63) is 36.0 Å². The maximum absolute atomic E-state index is 13.2. The molecular weight excluding hydrogens is 344 g/mol. The summed E-state index contributed by atoms with van der Waals surface area (Å²) < 4.78 is 55.7. The highest BCUT2D eigenvalue weighted by Gasteiger charge is 2.50. The molecule has 2 aromatic rings. The molecule has 1 unspecified atom stereocenters. The number of aromatic amines is 1. The van der Waals surface area contributed by atoms with Crippen molar-refractivity contribution in [3.63, 3.8) is 0 Å². The third-order valence-electron chi connectivity index (χ3n) is 3.55. The highest BCUT2D eigenvalue weighted by molar-refractivity contribution is 5.90.